The molecule has 0 radical (unpaired) electrons. The first-order valence-corrected chi connectivity index (χ1v) is 12.0. The maximum atomic E-state index is 13.3. The van der Waals surface area contributed by atoms with E-state index in [9.17, 15) is 17.6 Å². The first-order valence-electron chi connectivity index (χ1n) is 10.6. The van der Waals surface area contributed by atoms with Gasteiger partial charge in [0, 0.05) is 13.1 Å². The van der Waals surface area contributed by atoms with Crippen LogP contribution in [0.1, 0.15) is 21.7 Å². The standard InChI is InChI=1S/C26H22FNO6S/c1-32-22-11-13-24(14-12-22)35(30,31)34-23-5-2-4-20(16-23)18-28(26(29)25-6-3-15-33-25)17-19-7-9-21(27)10-8-19/h2-16H,17-18H2,1H3. The summed E-state index contributed by atoms with van der Waals surface area (Å²) in [5.74, 6) is 0.0394. The fourth-order valence-electron chi connectivity index (χ4n) is 3.40. The van der Waals surface area contributed by atoms with E-state index < -0.39 is 10.1 Å². The smallest absolute Gasteiger partial charge is 0.339 e. The van der Waals surface area contributed by atoms with Crippen LogP contribution in [-0.2, 0) is 23.2 Å². The Hall–Kier alpha value is -4.11. The summed E-state index contributed by atoms with van der Waals surface area (Å²) in [6.45, 7) is 0.325. The van der Waals surface area contributed by atoms with Crippen molar-refractivity contribution in [1.82, 2.24) is 4.90 Å². The summed E-state index contributed by atoms with van der Waals surface area (Å²) in [4.78, 5) is 14.6. The lowest BCUT2D eigenvalue weighted by atomic mass is 10.1. The predicted molar refractivity (Wildman–Crippen MR) is 126 cm³/mol. The third-order valence-corrected chi connectivity index (χ3v) is 6.39. The van der Waals surface area contributed by atoms with E-state index in [1.54, 1.807) is 42.5 Å². The van der Waals surface area contributed by atoms with Crippen LogP contribution < -0.4 is 8.92 Å². The van der Waals surface area contributed by atoms with Crippen LogP contribution in [0.4, 0.5) is 4.39 Å². The highest BCUT2D eigenvalue weighted by Gasteiger charge is 2.21. The van der Waals surface area contributed by atoms with Crippen LogP contribution in [0.15, 0.2) is 101 Å². The Morgan fingerprint density at radius 2 is 1.60 bits per heavy atom. The normalized spacial score (nSPS) is 11.1. The largest absolute Gasteiger partial charge is 0.497 e. The van der Waals surface area contributed by atoms with Crippen molar-refractivity contribution in [3.8, 4) is 11.5 Å². The molecule has 0 spiro atoms. The number of hydrogen-bond donors (Lipinski definition) is 0. The molecule has 35 heavy (non-hydrogen) atoms. The molecule has 0 aliphatic heterocycles. The van der Waals surface area contributed by atoms with Crippen LogP contribution in [-0.4, -0.2) is 26.3 Å². The average Bonchev–Trinajstić information content (AvgIpc) is 3.40. The number of carbonyl (C=O) groups is 1. The van der Waals surface area contributed by atoms with Crippen LogP contribution in [0, 0.1) is 5.82 Å². The molecule has 4 aromatic rings. The molecule has 3 aromatic carbocycles. The molecular weight excluding hydrogens is 473 g/mol. The lowest BCUT2D eigenvalue weighted by Gasteiger charge is -2.22. The Bertz CT molecular complexity index is 1380. The number of halogens is 1. The summed E-state index contributed by atoms with van der Waals surface area (Å²) in [6.07, 6.45) is 1.40. The van der Waals surface area contributed by atoms with Crippen LogP contribution in [0.2, 0.25) is 0 Å². The van der Waals surface area contributed by atoms with Crippen molar-refractivity contribution in [3.05, 3.63) is 114 Å². The molecule has 7 nitrogen and oxygen atoms in total. The van der Waals surface area contributed by atoms with Crippen molar-refractivity contribution < 1.29 is 30.9 Å². The van der Waals surface area contributed by atoms with Gasteiger partial charge >= 0.3 is 10.1 Å². The lowest BCUT2D eigenvalue weighted by Crippen LogP contribution is -2.29. The first kappa shape index (κ1) is 24.0. The maximum Gasteiger partial charge on any atom is 0.339 e. The number of nitrogens with zero attached hydrogens (tertiary/aromatic N) is 1. The fourth-order valence-corrected chi connectivity index (χ4v) is 4.32. The minimum atomic E-state index is -4.07. The highest BCUT2D eigenvalue weighted by Crippen LogP contribution is 2.23. The molecule has 0 saturated carbocycles. The predicted octanol–water partition coefficient (Wildman–Crippen LogP) is 5.04. The van der Waals surface area contributed by atoms with Crippen molar-refractivity contribution in [2.24, 2.45) is 0 Å². The molecule has 0 bridgehead atoms. The number of rotatable bonds is 9. The van der Waals surface area contributed by atoms with Gasteiger partial charge in [0.25, 0.3) is 5.91 Å². The number of hydrogen-bond acceptors (Lipinski definition) is 6. The minimum Gasteiger partial charge on any atom is -0.497 e. The van der Waals surface area contributed by atoms with Gasteiger partial charge in [-0.05, 0) is 71.8 Å². The molecule has 4 rings (SSSR count). The van der Waals surface area contributed by atoms with Crippen LogP contribution in [0.25, 0.3) is 0 Å². The number of ether oxygens (including phenoxy) is 1. The second kappa shape index (κ2) is 10.4. The molecule has 1 amide bonds. The highest BCUT2D eigenvalue weighted by molar-refractivity contribution is 7.87. The molecular formula is C26H22FNO6S. The van der Waals surface area contributed by atoms with E-state index in [-0.39, 0.29) is 41.2 Å². The Morgan fingerprint density at radius 3 is 2.26 bits per heavy atom. The molecule has 1 heterocycles. The quantitative estimate of drug-likeness (QED) is 0.303. The topological polar surface area (TPSA) is 86.1 Å². The molecule has 9 heteroatoms. The summed E-state index contributed by atoms with van der Waals surface area (Å²) in [7, 11) is -2.59. The summed E-state index contributed by atoms with van der Waals surface area (Å²) < 4.78 is 54.4. The van der Waals surface area contributed by atoms with E-state index in [0.29, 0.717) is 11.3 Å². The number of methoxy groups -OCH3 is 1. The van der Waals surface area contributed by atoms with Crippen LogP contribution >= 0.6 is 0 Å². The Kier molecular flexibility index (Phi) is 7.17. The van der Waals surface area contributed by atoms with Gasteiger partial charge in [0.1, 0.15) is 22.2 Å². The molecule has 0 aliphatic rings. The molecule has 0 aliphatic carbocycles. The van der Waals surface area contributed by atoms with Crippen molar-refractivity contribution in [3.63, 3.8) is 0 Å². The summed E-state index contributed by atoms with van der Waals surface area (Å²) in [5, 5.41) is 0. The van der Waals surface area contributed by atoms with Gasteiger partial charge < -0.3 is 18.2 Å². The van der Waals surface area contributed by atoms with Crippen LogP contribution in [0.5, 0.6) is 11.5 Å². The van der Waals surface area contributed by atoms with Crippen molar-refractivity contribution >= 4 is 16.0 Å². The first-order chi connectivity index (χ1) is 16.8. The molecule has 180 valence electrons. The van der Waals surface area contributed by atoms with Gasteiger partial charge in [-0.1, -0.05) is 24.3 Å². The second-order valence-corrected chi connectivity index (χ2v) is 9.17. The zero-order valence-electron chi connectivity index (χ0n) is 18.8. The molecule has 1 aromatic heterocycles. The zero-order chi connectivity index (χ0) is 24.8. The van der Waals surface area contributed by atoms with Gasteiger partial charge in [-0.25, -0.2) is 4.39 Å². The third-order valence-electron chi connectivity index (χ3n) is 5.13. The van der Waals surface area contributed by atoms with Gasteiger partial charge in [-0.15, -0.1) is 0 Å². The van der Waals surface area contributed by atoms with E-state index in [2.05, 4.69) is 0 Å². The molecule has 0 fully saturated rings. The van der Waals surface area contributed by atoms with Crippen molar-refractivity contribution in [2.75, 3.05) is 7.11 Å². The van der Waals surface area contributed by atoms with E-state index in [1.807, 2.05) is 0 Å². The van der Waals surface area contributed by atoms with Crippen molar-refractivity contribution in [2.45, 2.75) is 18.0 Å². The van der Waals surface area contributed by atoms with Gasteiger partial charge in [0.05, 0.1) is 13.4 Å². The van der Waals surface area contributed by atoms with Gasteiger partial charge in [0.2, 0.25) is 0 Å². The third kappa shape index (κ3) is 6.07. The van der Waals surface area contributed by atoms with Gasteiger partial charge in [-0.3, -0.25) is 4.79 Å². The second-order valence-electron chi connectivity index (χ2n) is 7.63. The SMILES string of the molecule is COc1ccc(S(=O)(=O)Oc2cccc(CN(Cc3ccc(F)cc3)C(=O)c3ccco3)c2)cc1. The number of furan rings is 1. The summed E-state index contributed by atoms with van der Waals surface area (Å²) >= 11 is 0. The van der Waals surface area contributed by atoms with E-state index >= 15 is 0 Å². The maximum absolute atomic E-state index is 13.3. The molecule has 0 unspecified atom stereocenters. The fraction of sp³-hybridized carbons (Fsp3) is 0.115. The Morgan fingerprint density at radius 1 is 0.886 bits per heavy atom. The Balaban J connectivity index is 1.55. The van der Waals surface area contributed by atoms with Crippen molar-refractivity contribution in [1.29, 1.82) is 0 Å². The highest BCUT2D eigenvalue weighted by atomic mass is 32.2. The summed E-state index contributed by atoms with van der Waals surface area (Å²) in [5.41, 5.74) is 1.36. The van der Waals surface area contributed by atoms with Crippen LogP contribution in [0.3, 0.4) is 0 Å². The van der Waals surface area contributed by atoms with E-state index in [0.717, 1.165) is 5.56 Å². The molecule has 0 atom stereocenters. The number of carbonyl (C=O) groups excluding carboxylic acids is 1. The zero-order valence-corrected chi connectivity index (χ0v) is 19.6. The van der Waals surface area contributed by atoms with Gasteiger partial charge in [0.15, 0.2) is 5.76 Å². The van der Waals surface area contributed by atoms with E-state index in [4.69, 9.17) is 13.3 Å². The summed E-state index contributed by atoms with van der Waals surface area (Å²) in [6, 6.07) is 21.3. The van der Waals surface area contributed by atoms with Gasteiger partial charge in [-0.2, -0.15) is 8.42 Å². The Labute approximate surface area is 202 Å². The average molecular weight is 496 g/mol. The lowest BCUT2D eigenvalue weighted by molar-refractivity contribution is 0.0697. The van der Waals surface area contributed by atoms with E-state index in [1.165, 1.54) is 60.7 Å². The number of benzene rings is 3. The molecule has 0 N–H and O–H groups in total. The number of amides is 1. The minimum absolute atomic E-state index is 0.0189. The monoisotopic (exact) mass is 495 g/mol. The molecule has 0 saturated heterocycles.